The summed E-state index contributed by atoms with van der Waals surface area (Å²) in [4.78, 5) is 2.42. The predicted molar refractivity (Wildman–Crippen MR) is 84.2 cm³/mol. The molecule has 0 spiro atoms. The van der Waals surface area contributed by atoms with E-state index in [4.69, 9.17) is 15.6 Å². The molecule has 0 aliphatic carbocycles. The van der Waals surface area contributed by atoms with E-state index < -0.39 is 10.0 Å². The average molecular weight is 336 g/mol. The fourth-order valence-corrected chi connectivity index (χ4v) is 2.98. The van der Waals surface area contributed by atoms with Crippen LogP contribution in [-0.4, -0.2) is 45.6 Å². The number of likely N-dealkylation sites (tertiary alicyclic amines) is 1. The van der Waals surface area contributed by atoms with Crippen LogP contribution < -0.4 is 15.6 Å². The maximum atomic E-state index is 11.1. The Kier molecular flexibility index (Phi) is 6.89. The van der Waals surface area contributed by atoms with Gasteiger partial charge in [-0.3, -0.25) is 4.90 Å². The highest BCUT2D eigenvalue weighted by Gasteiger charge is 2.22. The molecule has 2 rings (SSSR count). The zero-order chi connectivity index (χ0) is 14.6. The number of nitrogens with two attached hydrogens (primary N) is 2. The fourth-order valence-electron chi connectivity index (χ4n) is 2.46. The molecular weight excluding hydrogens is 314 g/mol. The molecule has 0 saturated carbocycles. The van der Waals surface area contributed by atoms with E-state index in [2.05, 4.69) is 4.90 Å². The van der Waals surface area contributed by atoms with Gasteiger partial charge < -0.3 is 10.5 Å². The van der Waals surface area contributed by atoms with Crippen LogP contribution in [0.3, 0.4) is 0 Å². The Labute approximate surface area is 131 Å². The molecule has 4 N–H and O–H groups in total. The van der Waals surface area contributed by atoms with Crippen molar-refractivity contribution >= 4 is 22.4 Å². The molecular formula is C13H22ClN3O3S. The van der Waals surface area contributed by atoms with Gasteiger partial charge in [-0.05, 0) is 43.7 Å². The van der Waals surface area contributed by atoms with Crippen molar-refractivity contribution < 1.29 is 13.2 Å². The van der Waals surface area contributed by atoms with E-state index in [9.17, 15) is 8.42 Å². The third kappa shape index (κ3) is 5.12. The number of nitrogens with zero attached hydrogens (tertiary/aromatic N) is 1. The average Bonchev–Trinajstić information content (AvgIpc) is 2.86. The summed E-state index contributed by atoms with van der Waals surface area (Å²) in [6.07, 6.45) is 2.34. The third-order valence-corrected chi connectivity index (χ3v) is 4.50. The number of rotatable bonds is 6. The lowest BCUT2D eigenvalue weighted by Crippen LogP contribution is -2.37. The van der Waals surface area contributed by atoms with Crippen LogP contribution >= 0.6 is 12.4 Å². The number of hydrogen-bond acceptors (Lipinski definition) is 5. The van der Waals surface area contributed by atoms with E-state index in [0.29, 0.717) is 24.9 Å². The smallest absolute Gasteiger partial charge is 0.238 e. The van der Waals surface area contributed by atoms with Gasteiger partial charge in [0.2, 0.25) is 10.0 Å². The van der Waals surface area contributed by atoms with E-state index in [1.165, 1.54) is 18.6 Å². The lowest BCUT2D eigenvalue weighted by molar-refractivity contribution is 0.199. The molecule has 1 atom stereocenters. The van der Waals surface area contributed by atoms with Crippen LogP contribution in [0.15, 0.2) is 29.2 Å². The van der Waals surface area contributed by atoms with Crippen molar-refractivity contribution in [3.05, 3.63) is 24.3 Å². The van der Waals surface area contributed by atoms with Crippen molar-refractivity contribution in [1.82, 2.24) is 4.90 Å². The first-order chi connectivity index (χ1) is 9.50. The van der Waals surface area contributed by atoms with Crippen LogP contribution in [0, 0.1) is 0 Å². The number of benzene rings is 1. The van der Waals surface area contributed by atoms with E-state index in [-0.39, 0.29) is 17.3 Å². The van der Waals surface area contributed by atoms with Gasteiger partial charge in [0.1, 0.15) is 12.4 Å². The van der Waals surface area contributed by atoms with E-state index >= 15 is 0 Å². The van der Waals surface area contributed by atoms with Crippen molar-refractivity contribution in [2.75, 3.05) is 26.2 Å². The molecule has 1 heterocycles. The number of halogens is 1. The van der Waals surface area contributed by atoms with Gasteiger partial charge in [-0.2, -0.15) is 0 Å². The van der Waals surface area contributed by atoms with Gasteiger partial charge in [0, 0.05) is 19.1 Å². The van der Waals surface area contributed by atoms with E-state index in [1.54, 1.807) is 12.1 Å². The maximum Gasteiger partial charge on any atom is 0.238 e. The quantitative estimate of drug-likeness (QED) is 0.791. The Bertz CT molecular complexity index is 536. The zero-order valence-electron chi connectivity index (χ0n) is 11.8. The van der Waals surface area contributed by atoms with E-state index in [1.807, 2.05) is 0 Å². The number of ether oxygens (including phenoxy) is 1. The van der Waals surface area contributed by atoms with Crippen molar-refractivity contribution in [3.63, 3.8) is 0 Å². The molecule has 1 aliphatic heterocycles. The molecule has 0 aromatic heterocycles. The Morgan fingerprint density at radius 3 is 2.52 bits per heavy atom. The maximum absolute atomic E-state index is 11.1. The second kappa shape index (κ2) is 7.95. The topological polar surface area (TPSA) is 98.6 Å². The highest BCUT2D eigenvalue weighted by molar-refractivity contribution is 7.89. The lowest BCUT2D eigenvalue weighted by atomic mass is 10.2. The summed E-state index contributed by atoms with van der Waals surface area (Å²) < 4.78 is 27.8. The fraction of sp³-hybridized carbons (Fsp3) is 0.538. The molecule has 120 valence electrons. The molecule has 1 saturated heterocycles. The first kappa shape index (κ1) is 18.2. The molecule has 21 heavy (non-hydrogen) atoms. The first-order valence-electron chi connectivity index (χ1n) is 6.70. The Balaban J connectivity index is 0.00000220. The monoisotopic (exact) mass is 335 g/mol. The zero-order valence-corrected chi connectivity index (χ0v) is 13.4. The first-order valence-corrected chi connectivity index (χ1v) is 8.25. The molecule has 1 aromatic rings. The normalized spacial score (nSPS) is 19.2. The summed E-state index contributed by atoms with van der Waals surface area (Å²) in [5.74, 6) is 0.640. The SMILES string of the molecule is Cl.NCC1CCCN1CCOc1ccc(S(N)(=O)=O)cc1. The minimum absolute atomic E-state index is 0. The van der Waals surface area contributed by atoms with Gasteiger partial charge in [-0.15, -0.1) is 12.4 Å². The van der Waals surface area contributed by atoms with E-state index in [0.717, 1.165) is 19.5 Å². The minimum atomic E-state index is -3.64. The van der Waals surface area contributed by atoms with Gasteiger partial charge in [0.15, 0.2) is 0 Å². The van der Waals surface area contributed by atoms with Crippen molar-refractivity contribution in [3.8, 4) is 5.75 Å². The molecule has 1 fully saturated rings. The second-order valence-electron chi connectivity index (χ2n) is 4.93. The van der Waals surface area contributed by atoms with Gasteiger partial charge in [-0.1, -0.05) is 0 Å². The molecule has 0 radical (unpaired) electrons. The highest BCUT2D eigenvalue weighted by Crippen LogP contribution is 2.17. The standard InChI is InChI=1S/C13H21N3O3S.ClH/c14-10-11-2-1-7-16(11)8-9-19-12-3-5-13(6-4-12)20(15,17)18;/h3-6,11H,1-2,7-10,14H2,(H2,15,17,18);1H. The Morgan fingerprint density at radius 2 is 1.95 bits per heavy atom. The number of hydrogen-bond donors (Lipinski definition) is 2. The molecule has 0 bridgehead atoms. The molecule has 1 aromatic carbocycles. The van der Waals surface area contributed by atoms with Crippen LogP contribution in [0.25, 0.3) is 0 Å². The molecule has 0 amide bonds. The summed E-state index contributed by atoms with van der Waals surface area (Å²) >= 11 is 0. The summed E-state index contributed by atoms with van der Waals surface area (Å²) in [5.41, 5.74) is 5.71. The van der Waals surface area contributed by atoms with Gasteiger partial charge in [0.25, 0.3) is 0 Å². The Morgan fingerprint density at radius 1 is 1.29 bits per heavy atom. The molecule has 1 unspecified atom stereocenters. The van der Waals surface area contributed by atoms with Crippen molar-refractivity contribution in [2.45, 2.75) is 23.8 Å². The Hall–Kier alpha value is -0.860. The summed E-state index contributed by atoms with van der Waals surface area (Å²) in [6, 6.07) is 6.59. The van der Waals surface area contributed by atoms with Crippen LogP contribution in [0.5, 0.6) is 5.75 Å². The van der Waals surface area contributed by atoms with Gasteiger partial charge >= 0.3 is 0 Å². The third-order valence-electron chi connectivity index (χ3n) is 3.57. The largest absolute Gasteiger partial charge is 0.492 e. The predicted octanol–water partition coefficient (Wildman–Crippen LogP) is 0.558. The summed E-state index contributed by atoms with van der Waals surface area (Å²) in [6.45, 7) is 3.14. The minimum Gasteiger partial charge on any atom is -0.492 e. The van der Waals surface area contributed by atoms with Crippen molar-refractivity contribution in [1.29, 1.82) is 0 Å². The van der Waals surface area contributed by atoms with Gasteiger partial charge in [0.05, 0.1) is 4.90 Å². The molecule has 8 heteroatoms. The summed E-state index contributed by atoms with van der Waals surface area (Å²) in [7, 11) is -3.64. The van der Waals surface area contributed by atoms with Crippen LogP contribution in [0.1, 0.15) is 12.8 Å². The molecule has 1 aliphatic rings. The lowest BCUT2D eigenvalue weighted by Gasteiger charge is -2.22. The molecule has 6 nitrogen and oxygen atoms in total. The van der Waals surface area contributed by atoms with Gasteiger partial charge in [-0.25, -0.2) is 13.6 Å². The van der Waals surface area contributed by atoms with Crippen LogP contribution in [-0.2, 0) is 10.0 Å². The van der Waals surface area contributed by atoms with Crippen molar-refractivity contribution in [2.24, 2.45) is 10.9 Å². The highest BCUT2D eigenvalue weighted by atomic mass is 35.5. The number of sulfonamides is 1. The second-order valence-corrected chi connectivity index (χ2v) is 6.49. The van der Waals surface area contributed by atoms with Crippen LogP contribution in [0.4, 0.5) is 0 Å². The summed E-state index contributed by atoms with van der Waals surface area (Å²) in [5, 5.41) is 5.03. The number of primary sulfonamides is 1. The van der Waals surface area contributed by atoms with Crippen LogP contribution in [0.2, 0.25) is 0 Å².